The summed E-state index contributed by atoms with van der Waals surface area (Å²) in [6.07, 6.45) is 2.22. The van der Waals surface area contributed by atoms with Gasteiger partial charge in [0.2, 0.25) is 0 Å². The van der Waals surface area contributed by atoms with Crippen molar-refractivity contribution >= 4 is 40.1 Å². The lowest BCUT2D eigenvalue weighted by atomic mass is 10.0. The van der Waals surface area contributed by atoms with E-state index in [1.54, 1.807) is 27.9 Å². The second-order valence-electron chi connectivity index (χ2n) is 8.87. The fourth-order valence-electron chi connectivity index (χ4n) is 4.91. The first-order valence-corrected chi connectivity index (χ1v) is 11.8. The lowest BCUT2D eigenvalue weighted by Crippen LogP contribution is -2.54. The minimum absolute atomic E-state index is 0.0496. The SMILES string of the molecule is CN1C(=O)[C@@H](N2CCc3c(nn(Cc4ccccc4)c3Cl)C2=O)COc2ccc3c(ncn3C)c21. The van der Waals surface area contributed by atoms with E-state index in [1.807, 2.05) is 54.1 Å². The molecule has 4 aromatic rings. The average molecular weight is 491 g/mol. The van der Waals surface area contributed by atoms with Gasteiger partial charge in [0.15, 0.2) is 5.69 Å². The molecule has 10 heteroatoms. The number of nitrogens with zero attached hydrogens (tertiary/aromatic N) is 6. The third kappa shape index (κ3) is 3.37. The van der Waals surface area contributed by atoms with E-state index >= 15 is 0 Å². The highest BCUT2D eigenvalue weighted by Gasteiger charge is 2.41. The van der Waals surface area contributed by atoms with Crippen molar-refractivity contribution in [1.82, 2.24) is 24.2 Å². The van der Waals surface area contributed by atoms with E-state index in [2.05, 4.69) is 10.1 Å². The van der Waals surface area contributed by atoms with Crippen molar-refractivity contribution in [2.75, 3.05) is 25.1 Å². The molecule has 0 fully saturated rings. The predicted octanol–water partition coefficient (Wildman–Crippen LogP) is 2.89. The van der Waals surface area contributed by atoms with Gasteiger partial charge in [0.05, 0.1) is 18.4 Å². The maximum absolute atomic E-state index is 13.6. The number of carbonyl (C=O) groups excluding carboxylic acids is 2. The van der Waals surface area contributed by atoms with E-state index in [4.69, 9.17) is 16.3 Å². The Morgan fingerprint density at radius 1 is 1.11 bits per heavy atom. The molecule has 0 bridgehead atoms. The van der Waals surface area contributed by atoms with Gasteiger partial charge in [0.1, 0.15) is 34.8 Å². The van der Waals surface area contributed by atoms with Crippen LogP contribution >= 0.6 is 11.6 Å². The van der Waals surface area contributed by atoms with Crippen LogP contribution in [0.5, 0.6) is 5.75 Å². The molecule has 0 unspecified atom stereocenters. The predicted molar refractivity (Wildman–Crippen MR) is 131 cm³/mol. The van der Waals surface area contributed by atoms with Crippen LogP contribution in [-0.2, 0) is 24.8 Å². The van der Waals surface area contributed by atoms with Crippen LogP contribution in [0, 0.1) is 0 Å². The molecule has 2 aliphatic rings. The van der Waals surface area contributed by atoms with Crippen molar-refractivity contribution < 1.29 is 14.3 Å². The largest absolute Gasteiger partial charge is 0.489 e. The number of amides is 2. The summed E-state index contributed by atoms with van der Waals surface area (Å²) in [6, 6.07) is 12.8. The molecule has 0 spiro atoms. The Bertz CT molecular complexity index is 1480. The van der Waals surface area contributed by atoms with Gasteiger partial charge in [-0.05, 0) is 24.1 Å². The molecule has 9 nitrogen and oxygen atoms in total. The number of likely N-dealkylation sites (N-methyl/N-ethyl adjacent to an activating group) is 1. The van der Waals surface area contributed by atoms with Gasteiger partial charge < -0.3 is 19.1 Å². The lowest BCUT2D eigenvalue weighted by molar-refractivity contribution is -0.123. The zero-order valence-corrected chi connectivity index (χ0v) is 20.1. The first kappa shape index (κ1) is 21.7. The van der Waals surface area contributed by atoms with Crippen molar-refractivity contribution in [3.63, 3.8) is 0 Å². The minimum atomic E-state index is -0.787. The van der Waals surface area contributed by atoms with Crippen LogP contribution < -0.4 is 9.64 Å². The van der Waals surface area contributed by atoms with Gasteiger partial charge in [-0.3, -0.25) is 9.59 Å². The number of hydrogen-bond donors (Lipinski definition) is 0. The van der Waals surface area contributed by atoms with Gasteiger partial charge in [-0.1, -0.05) is 41.9 Å². The van der Waals surface area contributed by atoms with Gasteiger partial charge in [-0.15, -0.1) is 0 Å². The molecule has 178 valence electrons. The molecule has 0 saturated carbocycles. The molecule has 1 atom stereocenters. The van der Waals surface area contributed by atoms with Crippen molar-refractivity contribution in [2.24, 2.45) is 7.05 Å². The molecule has 2 amide bonds. The van der Waals surface area contributed by atoms with Crippen LogP contribution in [0.4, 0.5) is 5.69 Å². The Labute approximate surface area is 206 Å². The Morgan fingerprint density at radius 3 is 2.71 bits per heavy atom. The van der Waals surface area contributed by atoms with Crippen LogP contribution in [0.3, 0.4) is 0 Å². The average Bonchev–Trinajstić information content (AvgIpc) is 3.36. The topological polar surface area (TPSA) is 85.5 Å². The minimum Gasteiger partial charge on any atom is -0.489 e. The third-order valence-electron chi connectivity index (χ3n) is 6.78. The van der Waals surface area contributed by atoms with E-state index in [-0.39, 0.29) is 18.4 Å². The van der Waals surface area contributed by atoms with Crippen LogP contribution in [0.15, 0.2) is 48.8 Å². The molecule has 2 aromatic carbocycles. The van der Waals surface area contributed by atoms with Crippen molar-refractivity contribution in [3.05, 3.63) is 70.8 Å². The maximum Gasteiger partial charge on any atom is 0.275 e. The molecular weight excluding hydrogens is 468 g/mol. The zero-order chi connectivity index (χ0) is 24.3. The second-order valence-corrected chi connectivity index (χ2v) is 9.23. The molecule has 0 N–H and O–H groups in total. The summed E-state index contributed by atoms with van der Waals surface area (Å²) in [4.78, 5) is 34.7. The Hall–Kier alpha value is -3.85. The van der Waals surface area contributed by atoms with E-state index in [0.717, 1.165) is 16.6 Å². The third-order valence-corrected chi connectivity index (χ3v) is 7.20. The van der Waals surface area contributed by atoms with Gasteiger partial charge in [0, 0.05) is 26.2 Å². The summed E-state index contributed by atoms with van der Waals surface area (Å²) in [5, 5.41) is 5.00. The smallest absolute Gasteiger partial charge is 0.275 e. The zero-order valence-electron chi connectivity index (χ0n) is 19.3. The summed E-state index contributed by atoms with van der Waals surface area (Å²) in [7, 11) is 3.60. The van der Waals surface area contributed by atoms with E-state index in [9.17, 15) is 9.59 Å². The van der Waals surface area contributed by atoms with E-state index in [1.165, 1.54) is 0 Å². The molecule has 4 heterocycles. The number of rotatable bonds is 3. The highest BCUT2D eigenvalue weighted by Crippen LogP contribution is 2.38. The Balaban J connectivity index is 1.31. The lowest BCUT2D eigenvalue weighted by Gasteiger charge is -2.33. The van der Waals surface area contributed by atoms with Crippen LogP contribution in [-0.4, -0.2) is 62.3 Å². The molecule has 0 radical (unpaired) electrons. The summed E-state index contributed by atoms with van der Waals surface area (Å²) in [5.41, 5.74) is 4.23. The normalized spacial score (nSPS) is 17.9. The van der Waals surface area contributed by atoms with E-state index < -0.39 is 6.04 Å². The number of aryl methyl sites for hydroxylation is 1. The number of aromatic nitrogens is 4. The monoisotopic (exact) mass is 490 g/mol. The summed E-state index contributed by atoms with van der Waals surface area (Å²) in [6.45, 7) is 0.864. The quantitative estimate of drug-likeness (QED) is 0.441. The fourth-order valence-corrected chi connectivity index (χ4v) is 5.19. The number of ether oxygens (including phenoxy) is 1. The Kier molecular flexibility index (Phi) is 5.03. The molecule has 2 aliphatic heterocycles. The summed E-state index contributed by atoms with van der Waals surface area (Å²) in [5.74, 6) is 0.0210. The van der Waals surface area contributed by atoms with Crippen LogP contribution in [0.2, 0.25) is 5.15 Å². The number of carbonyl (C=O) groups is 2. The van der Waals surface area contributed by atoms with Gasteiger partial charge in [-0.2, -0.15) is 5.10 Å². The number of benzene rings is 2. The first-order valence-electron chi connectivity index (χ1n) is 11.4. The van der Waals surface area contributed by atoms with Crippen LogP contribution in [0.25, 0.3) is 11.0 Å². The number of hydrogen-bond acceptors (Lipinski definition) is 5. The fraction of sp³-hybridized carbons (Fsp3) is 0.280. The summed E-state index contributed by atoms with van der Waals surface area (Å²) < 4.78 is 9.60. The molecule has 0 aliphatic carbocycles. The highest BCUT2D eigenvalue weighted by molar-refractivity contribution is 6.31. The maximum atomic E-state index is 13.6. The van der Waals surface area contributed by atoms with Crippen LogP contribution in [0.1, 0.15) is 21.6 Å². The van der Waals surface area contributed by atoms with Gasteiger partial charge >= 0.3 is 0 Å². The molecule has 35 heavy (non-hydrogen) atoms. The highest BCUT2D eigenvalue weighted by atomic mass is 35.5. The molecular formula is C25H23ClN6O3. The van der Waals surface area contributed by atoms with E-state index in [0.29, 0.717) is 47.3 Å². The molecule has 2 aromatic heterocycles. The number of halogens is 1. The number of anilines is 1. The first-order chi connectivity index (χ1) is 16.9. The number of fused-ring (bicyclic) bond motifs is 4. The molecule has 0 saturated heterocycles. The van der Waals surface area contributed by atoms with Crippen molar-refractivity contribution in [2.45, 2.75) is 19.0 Å². The number of imidazole rings is 1. The van der Waals surface area contributed by atoms with Crippen molar-refractivity contribution in [1.29, 1.82) is 0 Å². The second kappa shape index (κ2) is 8.13. The van der Waals surface area contributed by atoms with Gasteiger partial charge in [0.25, 0.3) is 11.8 Å². The molecule has 6 rings (SSSR count). The van der Waals surface area contributed by atoms with Crippen molar-refractivity contribution in [3.8, 4) is 5.75 Å². The summed E-state index contributed by atoms with van der Waals surface area (Å²) >= 11 is 6.61. The standard InChI is InChI=1S/C25H23ClN6O3/c1-29-14-27-21-17(29)8-9-19-22(21)30(2)24(33)18(13-35-19)31-11-10-16-20(25(31)34)28-32(23(16)26)12-15-6-4-3-5-7-15/h3-9,14,18H,10-13H2,1-2H3/t18-/m0/s1. The Morgan fingerprint density at radius 2 is 1.91 bits per heavy atom. The van der Waals surface area contributed by atoms with Gasteiger partial charge in [-0.25, -0.2) is 9.67 Å².